The van der Waals surface area contributed by atoms with Gasteiger partial charge in [0.1, 0.15) is 6.61 Å². The van der Waals surface area contributed by atoms with Crippen LogP contribution in [0.5, 0.6) is 0 Å². The Balaban J connectivity index is 3.44. The molecule has 7 nitrogen and oxygen atoms in total. The van der Waals surface area contributed by atoms with E-state index in [1.165, 1.54) is 6.92 Å². The van der Waals surface area contributed by atoms with Crippen LogP contribution in [0.4, 0.5) is 0 Å². The molecule has 0 fully saturated rings. The first-order chi connectivity index (χ1) is 6.33. The molecule has 0 aliphatic heterocycles. The number of carbonyl (C=O) groups excluding carboxylic acids is 1. The monoisotopic (exact) mass is 226 g/mol. The summed E-state index contributed by atoms with van der Waals surface area (Å²) in [6.07, 6.45) is 0. The molecule has 0 aromatic carbocycles. The molecule has 0 rings (SSSR count). The van der Waals surface area contributed by atoms with Crippen molar-refractivity contribution < 1.29 is 33.4 Å². The molecule has 0 heterocycles. The highest BCUT2D eigenvalue weighted by molar-refractivity contribution is 7.46. The van der Waals surface area contributed by atoms with Gasteiger partial charge in [0.15, 0.2) is 0 Å². The van der Waals surface area contributed by atoms with Crippen molar-refractivity contribution in [3.05, 3.63) is 12.2 Å². The normalized spacial score (nSPS) is 11.1. The summed E-state index contributed by atoms with van der Waals surface area (Å²) in [6, 6.07) is 0. The highest BCUT2D eigenvalue weighted by atomic mass is 31.2. The molecule has 0 aromatic rings. The Labute approximate surface area is 80.4 Å². The first-order valence-electron chi connectivity index (χ1n) is 3.52. The molecule has 14 heavy (non-hydrogen) atoms. The lowest BCUT2D eigenvalue weighted by molar-refractivity contribution is -0.270. The molecule has 8 heteroatoms. The van der Waals surface area contributed by atoms with Gasteiger partial charge in [-0.05, 0) is 6.92 Å². The van der Waals surface area contributed by atoms with Gasteiger partial charge in [-0.3, -0.25) is 9.41 Å². The third-order valence-electron chi connectivity index (χ3n) is 0.909. The molecule has 0 aliphatic rings. The largest absolute Gasteiger partial charge is 0.469 e. The van der Waals surface area contributed by atoms with Gasteiger partial charge in [0.2, 0.25) is 0 Å². The van der Waals surface area contributed by atoms with E-state index in [4.69, 9.17) is 9.79 Å². The zero-order valence-corrected chi connectivity index (χ0v) is 8.40. The van der Waals surface area contributed by atoms with Crippen LogP contribution in [-0.4, -0.2) is 29.0 Å². The minimum absolute atomic E-state index is 0.154. The maximum atomic E-state index is 10.7. The number of carbonyl (C=O) groups is 1. The smallest absolute Gasteiger partial charge is 0.303 e. The van der Waals surface area contributed by atoms with E-state index < -0.39 is 13.8 Å². The molecular formula is C6H11O7P. The third kappa shape index (κ3) is 7.90. The number of phosphoric acid groups is 1. The summed E-state index contributed by atoms with van der Waals surface area (Å²) >= 11 is 0. The van der Waals surface area contributed by atoms with Gasteiger partial charge < -0.3 is 9.79 Å². The van der Waals surface area contributed by atoms with E-state index in [9.17, 15) is 9.36 Å². The molecule has 0 saturated carbocycles. The maximum Gasteiger partial charge on any atom is 0.469 e. The average Bonchev–Trinajstić information content (AvgIpc) is 2.01. The van der Waals surface area contributed by atoms with Gasteiger partial charge in [-0.15, -0.1) is 0 Å². The number of hydrogen-bond donors (Lipinski definition) is 2. The minimum Gasteiger partial charge on any atom is -0.303 e. The van der Waals surface area contributed by atoms with Crippen molar-refractivity contribution in [1.29, 1.82) is 0 Å². The lowest BCUT2D eigenvalue weighted by Crippen LogP contribution is -2.09. The van der Waals surface area contributed by atoms with E-state index >= 15 is 0 Å². The van der Waals surface area contributed by atoms with E-state index in [-0.39, 0.29) is 18.8 Å². The van der Waals surface area contributed by atoms with Crippen molar-refractivity contribution >= 4 is 13.8 Å². The molecular weight excluding hydrogens is 215 g/mol. The maximum absolute atomic E-state index is 10.7. The Hall–Kier alpha value is -0.720. The average molecular weight is 226 g/mol. The van der Waals surface area contributed by atoms with Gasteiger partial charge in [-0.2, -0.15) is 4.89 Å². The van der Waals surface area contributed by atoms with Crippen molar-refractivity contribution in [2.45, 2.75) is 6.92 Å². The Kier molecular flexibility index (Phi) is 5.59. The van der Waals surface area contributed by atoms with E-state index in [0.29, 0.717) is 0 Å². The summed E-state index contributed by atoms with van der Waals surface area (Å²) in [4.78, 5) is 35.5. The second kappa shape index (κ2) is 5.90. The lowest BCUT2D eigenvalue weighted by Gasteiger charge is -2.05. The van der Waals surface area contributed by atoms with Crippen molar-refractivity contribution in [3.8, 4) is 0 Å². The summed E-state index contributed by atoms with van der Waals surface area (Å²) in [5.74, 6) is -0.749. The second-order valence-electron chi connectivity index (χ2n) is 2.30. The van der Waals surface area contributed by atoms with Crippen LogP contribution in [0, 0.1) is 0 Å². The minimum atomic E-state index is -4.49. The summed E-state index contributed by atoms with van der Waals surface area (Å²) in [5.41, 5.74) is 0.154. The van der Waals surface area contributed by atoms with Crippen LogP contribution in [0.3, 0.4) is 0 Å². The highest BCUT2D eigenvalue weighted by Crippen LogP contribution is 2.35. The number of phosphoric ester groups is 1. The predicted octanol–water partition coefficient (Wildman–Crippen LogP) is 0.147. The summed E-state index contributed by atoms with van der Waals surface area (Å²) in [5, 5.41) is 0. The van der Waals surface area contributed by atoms with Crippen LogP contribution in [0.25, 0.3) is 0 Å². The zero-order chi connectivity index (χ0) is 11.2. The first kappa shape index (κ1) is 13.3. The van der Waals surface area contributed by atoms with Gasteiger partial charge in [0.05, 0.1) is 6.61 Å². The van der Waals surface area contributed by atoms with Crippen LogP contribution >= 0.6 is 7.82 Å². The van der Waals surface area contributed by atoms with Gasteiger partial charge in [0, 0.05) is 5.57 Å². The molecule has 0 bridgehead atoms. The Morgan fingerprint density at radius 3 is 2.43 bits per heavy atom. The van der Waals surface area contributed by atoms with Crippen LogP contribution in [0.15, 0.2) is 12.2 Å². The van der Waals surface area contributed by atoms with Crippen molar-refractivity contribution in [1.82, 2.24) is 0 Å². The van der Waals surface area contributed by atoms with Crippen molar-refractivity contribution in [2.24, 2.45) is 0 Å². The zero-order valence-electron chi connectivity index (χ0n) is 7.50. The van der Waals surface area contributed by atoms with E-state index in [2.05, 4.69) is 20.9 Å². The topological polar surface area (TPSA) is 102 Å². The molecule has 0 spiro atoms. The second-order valence-corrected chi connectivity index (χ2v) is 3.54. The molecule has 0 atom stereocenters. The highest BCUT2D eigenvalue weighted by Gasteiger charge is 2.13. The van der Waals surface area contributed by atoms with Crippen molar-refractivity contribution in [2.75, 3.05) is 13.2 Å². The van der Waals surface area contributed by atoms with E-state index in [1.807, 2.05) is 0 Å². The SMILES string of the molecule is C=C(C)C(=O)OOCCOP(=O)(O)O. The number of hydrogen-bond acceptors (Lipinski definition) is 5. The van der Waals surface area contributed by atoms with Crippen LogP contribution in [0.1, 0.15) is 6.92 Å². The third-order valence-corrected chi connectivity index (χ3v) is 1.43. The standard InChI is InChI=1S/C6H11O7P/c1-5(2)6(7)13-11-3-4-12-14(8,9)10/h1,3-4H2,2H3,(H2,8,9,10). The van der Waals surface area contributed by atoms with Gasteiger partial charge in [0.25, 0.3) is 0 Å². The Bertz CT molecular complexity index is 255. The fourth-order valence-electron chi connectivity index (χ4n) is 0.357. The Morgan fingerprint density at radius 1 is 1.43 bits per heavy atom. The number of rotatable bonds is 6. The van der Waals surface area contributed by atoms with Gasteiger partial charge >= 0.3 is 13.8 Å². The Morgan fingerprint density at radius 2 is 2.00 bits per heavy atom. The van der Waals surface area contributed by atoms with Gasteiger partial charge in [-0.1, -0.05) is 6.58 Å². The predicted molar refractivity (Wildman–Crippen MR) is 44.9 cm³/mol. The fourth-order valence-corrected chi connectivity index (χ4v) is 0.669. The van der Waals surface area contributed by atoms with Crippen molar-refractivity contribution in [3.63, 3.8) is 0 Å². The molecule has 2 N–H and O–H groups in total. The fraction of sp³-hybridized carbons (Fsp3) is 0.500. The molecule has 0 aromatic heterocycles. The summed E-state index contributed by atoms with van der Waals surface area (Å²) in [6.45, 7) is 4.06. The molecule has 0 aliphatic carbocycles. The van der Waals surface area contributed by atoms with Gasteiger partial charge in [-0.25, -0.2) is 9.36 Å². The van der Waals surface area contributed by atoms with E-state index in [1.54, 1.807) is 0 Å². The summed E-state index contributed by atoms with van der Waals surface area (Å²) in [7, 11) is -4.49. The summed E-state index contributed by atoms with van der Waals surface area (Å²) < 4.78 is 14.1. The molecule has 0 unspecified atom stereocenters. The quantitative estimate of drug-likeness (QED) is 0.218. The molecule has 0 amide bonds. The molecule has 0 radical (unpaired) electrons. The lowest BCUT2D eigenvalue weighted by atomic mass is 10.4. The molecule has 0 saturated heterocycles. The van der Waals surface area contributed by atoms with Crippen LogP contribution in [0.2, 0.25) is 0 Å². The van der Waals surface area contributed by atoms with Crippen LogP contribution < -0.4 is 0 Å². The van der Waals surface area contributed by atoms with Crippen LogP contribution in [-0.2, 0) is 23.7 Å². The first-order valence-corrected chi connectivity index (χ1v) is 5.05. The molecule has 82 valence electrons. The van der Waals surface area contributed by atoms with E-state index in [0.717, 1.165) is 0 Å².